The van der Waals surface area contributed by atoms with Crippen LogP contribution in [0.1, 0.15) is 18.2 Å². The van der Waals surface area contributed by atoms with Gasteiger partial charge in [-0.05, 0) is 19.1 Å². The number of benzene rings is 1. The number of aromatic nitrogens is 1. The van der Waals surface area contributed by atoms with Crippen LogP contribution < -0.4 is 14.2 Å². The molecule has 1 heterocycles. The zero-order valence-corrected chi connectivity index (χ0v) is 13.7. The molecule has 2 rings (SSSR count). The summed E-state index contributed by atoms with van der Waals surface area (Å²) in [6.07, 6.45) is 0. The van der Waals surface area contributed by atoms with Gasteiger partial charge in [-0.25, -0.2) is 4.98 Å². The molecular formula is C16H18BrNO3. The third-order valence-electron chi connectivity index (χ3n) is 2.86. The highest BCUT2D eigenvalue weighted by Gasteiger charge is 2.11. The zero-order valence-electron chi connectivity index (χ0n) is 12.1. The summed E-state index contributed by atoms with van der Waals surface area (Å²) in [5, 5.41) is 0.703. The van der Waals surface area contributed by atoms with Crippen LogP contribution in [0.25, 0.3) is 0 Å². The minimum absolute atomic E-state index is 0.362. The first-order valence-electron chi connectivity index (χ1n) is 6.71. The van der Waals surface area contributed by atoms with Crippen LogP contribution in [-0.4, -0.2) is 18.7 Å². The third-order valence-corrected chi connectivity index (χ3v) is 3.46. The number of rotatable bonds is 7. The number of nitrogens with zero attached hydrogens (tertiary/aromatic N) is 1. The van der Waals surface area contributed by atoms with Gasteiger partial charge >= 0.3 is 0 Å². The number of halogens is 1. The van der Waals surface area contributed by atoms with Crippen molar-refractivity contribution in [3.63, 3.8) is 0 Å². The molecular weight excluding hydrogens is 334 g/mol. The molecule has 2 aromatic rings. The predicted molar refractivity (Wildman–Crippen MR) is 85.4 cm³/mol. The average molecular weight is 352 g/mol. The molecule has 0 radical (unpaired) electrons. The van der Waals surface area contributed by atoms with E-state index < -0.39 is 0 Å². The number of hydrogen-bond acceptors (Lipinski definition) is 4. The number of ether oxygens (including phenoxy) is 3. The molecule has 0 bridgehead atoms. The van der Waals surface area contributed by atoms with E-state index >= 15 is 0 Å². The van der Waals surface area contributed by atoms with Crippen molar-refractivity contribution in [1.29, 1.82) is 0 Å². The summed E-state index contributed by atoms with van der Waals surface area (Å²) in [4.78, 5) is 4.34. The Hall–Kier alpha value is -1.75. The molecule has 0 aliphatic carbocycles. The summed E-state index contributed by atoms with van der Waals surface area (Å²) in [5.41, 5.74) is 1.85. The second-order valence-electron chi connectivity index (χ2n) is 4.27. The Morgan fingerprint density at radius 2 is 1.90 bits per heavy atom. The fourth-order valence-corrected chi connectivity index (χ4v) is 2.34. The van der Waals surface area contributed by atoms with Gasteiger partial charge in [0.2, 0.25) is 5.88 Å². The maximum Gasteiger partial charge on any atom is 0.213 e. The van der Waals surface area contributed by atoms with Gasteiger partial charge in [-0.2, -0.15) is 0 Å². The molecule has 5 heteroatoms. The van der Waals surface area contributed by atoms with Crippen LogP contribution in [0.5, 0.6) is 17.4 Å². The molecule has 1 aromatic carbocycles. The Bertz CT molecular complexity index is 589. The van der Waals surface area contributed by atoms with Crippen molar-refractivity contribution in [2.24, 2.45) is 0 Å². The van der Waals surface area contributed by atoms with Crippen molar-refractivity contribution >= 4 is 15.9 Å². The van der Waals surface area contributed by atoms with Crippen molar-refractivity contribution in [2.75, 3.05) is 13.7 Å². The molecule has 0 aliphatic heterocycles. The van der Waals surface area contributed by atoms with Crippen molar-refractivity contribution in [1.82, 2.24) is 4.98 Å². The van der Waals surface area contributed by atoms with E-state index in [2.05, 4.69) is 20.9 Å². The van der Waals surface area contributed by atoms with Crippen LogP contribution in [0.2, 0.25) is 0 Å². The Morgan fingerprint density at radius 1 is 1.10 bits per heavy atom. The van der Waals surface area contributed by atoms with Gasteiger partial charge in [-0.15, -0.1) is 0 Å². The highest BCUT2D eigenvalue weighted by molar-refractivity contribution is 9.08. The summed E-state index contributed by atoms with van der Waals surface area (Å²) >= 11 is 3.47. The lowest BCUT2D eigenvalue weighted by molar-refractivity contribution is 0.263. The third kappa shape index (κ3) is 4.11. The lowest BCUT2D eigenvalue weighted by Gasteiger charge is -2.15. The molecule has 0 saturated heterocycles. The van der Waals surface area contributed by atoms with Crippen molar-refractivity contribution < 1.29 is 14.2 Å². The van der Waals surface area contributed by atoms with Gasteiger partial charge in [0.1, 0.15) is 6.61 Å². The molecule has 0 N–H and O–H groups in total. The van der Waals surface area contributed by atoms with Crippen LogP contribution in [0, 0.1) is 0 Å². The maximum atomic E-state index is 5.92. The Morgan fingerprint density at radius 3 is 2.62 bits per heavy atom. The minimum atomic E-state index is 0.362. The smallest absolute Gasteiger partial charge is 0.213 e. The first kappa shape index (κ1) is 15.6. The van der Waals surface area contributed by atoms with Gasteiger partial charge in [0.25, 0.3) is 0 Å². The standard InChI is InChI=1S/C16H18BrNO3/c1-3-20-14-8-4-6-12(10-17)16(14)21-11-13-7-5-9-15(18-13)19-2/h4-9H,3,10-11H2,1-2H3. The fraction of sp³-hybridized carbons (Fsp3) is 0.312. The molecule has 0 aliphatic rings. The van der Waals surface area contributed by atoms with E-state index in [1.54, 1.807) is 7.11 Å². The van der Waals surface area contributed by atoms with Gasteiger partial charge in [-0.3, -0.25) is 0 Å². The second-order valence-corrected chi connectivity index (χ2v) is 4.83. The van der Waals surface area contributed by atoms with E-state index in [4.69, 9.17) is 14.2 Å². The average Bonchev–Trinajstić information content (AvgIpc) is 2.54. The molecule has 112 valence electrons. The molecule has 21 heavy (non-hydrogen) atoms. The Balaban J connectivity index is 2.18. The molecule has 0 spiro atoms. The lowest BCUT2D eigenvalue weighted by Crippen LogP contribution is -2.03. The van der Waals surface area contributed by atoms with Crippen LogP contribution in [0.3, 0.4) is 0 Å². The predicted octanol–water partition coefficient (Wildman–Crippen LogP) is 3.96. The highest BCUT2D eigenvalue weighted by Crippen LogP contribution is 2.33. The Labute approximate surface area is 133 Å². The van der Waals surface area contributed by atoms with Crippen molar-refractivity contribution in [3.05, 3.63) is 47.7 Å². The van der Waals surface area contributed by atoms with E-state index in [1.807, 2.05) is 43.3 Å². The van der Waals surface area contributed by atoms with Crippen LogP contribution in [-0.2, 0) is 11.9 Å². The highest BCUT2D eigenvalue weighted by atomic mass is 79.9. The summed E-state index contributed by atoms with van der Waals surface area (Å²) in [6.45, 7) is 2.91. The van der Waals surface area contributed by atoms with E-state index in [0.717, 1.165) is 22.8 Å². The maximum absolute atomic E-state index is 5.92. The summed E-state index contributed by atoms with van der Waals surface area (Å²) in [5.74, 6) is 2.08. The molecule has 0 fully saturated rings. The quantitative estimate of drug-likeness (QED) is 0.708. The molecule has 0 atom stereocenters. The summed E-state index contributed by atoms with van der Waals surface area (Å²) < 4.78 is 16.7. The molecule has 0 amide bonds. The van der Waals surface area contributed by atoms with E-state index in [0.29, 0.717) is 24.4 Å². The van der Waals surface area contributed by atoms with Crippen molar-refractivity contribution in [2.45, 2.75) is 18.9 Å². The van der Waals surface area contributed by atoms with E-state index in [9.17, 15) is 0 Å². The summed E-state index contributed by atoms with van der Waals surface area (Å²) in [6, 6.07) is 11.5. The largest absolute Gasteiger partial charge is 0.490 e. The normalized spacial score (nSPS) is 10.2. The molecule has 4 nitrogen and oxygen atoms in total. The van der Waals surface area contributed by atoms with Gasteiger partial charge in [-0.1, -0.05) is 34.1 Å². The topological polar surface area (TPSA) is 40.6 Å². The minimum Gasteiger partial charge on any atom is -0.490 e. The van der Waals surface area contributed by atoms with Crippen LogP contribution >= 0.6 is 15.9 Å². The van der Waals surface area contributed by atoms with Gasteiger partial charge < -0.3 is 14.2 Å². The van der Waals surface area contributed by atoms with E-state index in [1.165, 1.54) is 0 Å². The summed E-state index contributed by atoms with van der Waals surface area (Å²) in [7, 11) is 1.60. The monoisotopic (exact) mass is 351 g/mol. The number of alkyl halides is 1. The molecule has 1 aromatic heterocycles. The van der Waals surface area contributed by atoms with Gasteiger partial charge in [0.15, 0.2) is 11.5 Å². The van der Waals surface area contributed by atoms with E-state index in [-0.39, 0.29) is 0 Å². The number of para-hydroxylation sites is 1. The SMILES string of the molecule is CCOc1cccc(CBr)c1OCc1cccc(OC)n1. The van der Waals surface area contributed by atoms with Crippen LogP contribution in [0.15, 0.2) is 36.4 Å². The molecule has 0 saturated carbocycles. The van der Waals surface area contributed by atoms with Gasteiger partial charge in [0, 0.05) is 17.0 Å². The van der Waals surface area contributed by atoms with Crippen LogP contribution in [0.4, 0.5) is 0 Å². The number of pyridine rings is 1. The second kappa shape index (κ2) is 7.88. The number of hydrogen-bond donors (Lipinski definition) is 0. The number of methoxy groups -OCH3 is 1. The fourth-order valence-electron chi connectivity index (χ4n) is 1.90. The lowest BCUT2D eigenvalue weighted by atomic mass is 10.2. The zero-order chi connectivity index (χ0) is 15.1. The van der Waals surface area contributed by atoms with Crippen molar-refractivity contribution in [3.8, 4) is 17.4 Å². The van der Waals surface area contributed by atoms with Gasteiger partial charge in [0.05, 0.1) is 19.4 Å². The Kier molecular flexibility index (Phi) is 5.87. The molecule has 0 unspecified atom stereocenters. The first-order valence-corrected chi connectivity index (χ1v) is 7.84. The first-order chi connectivity index (χ1) is 10.3.